The van der Waals surface area contributed by atoms with Gasteiger partial charge in [-0.2, -0.15) is 0 Å². The van der Waals surface area contributed by atoms with E-state index >= 15 is 0 Å². The Balaban J connectivity index is 3.67. The Morgan fingerprint density at radius 2 is 2.07 bits per heavy atom. The molecule has 2 atom stereocenters. The zero-order chi connectivity index (χ0) is 11.7. The minimum atomic E-state index is -0.260. The fourth-order valence-corrected chi connectivity index (χ4v) is 1.40. The highest BCUT2D eigenvalue weighted by molar-refractivity contribution is 5.75. The quantitative estimate of drug-likeness (QED) is 0.623. The lowest BCUT2D eigenvalue weighted by atomic mass is 10.2. The van der Waals surface area contributed by atoms with Crippen molar-refractivity contribution in [2.75, 3.05) is 20.8 Å². The fraction of sp³-hybridized carbons (Fsp3) is 0.909. The summed E-state index contributed by atoms with van der Waals surface area (Å²) in [6, 6.07) is -0.260. The van der Waals surface area contributed by atoms with Gasteiger partial charge in [0.2, 0.25) is 0 Å². The number of hydrogen-bond acceptors (Lipinski definition) is 4. The molecule has 4 heteroatoms. The van der Waals surface area contributed by atoms with E-state index in [-0.39, 0.29) is 18.1 Å². The Morgan fingerprint density at radius 3 is 2.53 bits per heavy atom. The van der Waals surface area contributed by atoms with Crippen LogP contribution >= 0.6 is 0 Å². The second-order valence-corrected chi connectivity index (χ2v) is 3.62. The lowest BCUT2D eigenvalue weighted by molar-refractivity contribution is -0.143. The van der Waals surface area contributed by atoms with Crippen LogP contribution in [0.15, 0.2) is 0 Å². The SMILES string of the molecule is CCCC(C)OCCC(NC)C(=O)OC. The number of ether oxygens (including phenoxy) is 2. The third-order valence-electron chi connectivity index (χ3n) is 2.34. The lowest BCUT2D eigenvalue weighted by Crippen LogP contribution is -2.36. The summed E-state index contributed by atoms with van der Waals surface area (Å²) in [7, 11) is 3.14. The summed E-state index contributed by atoms with van der Waals surface area (Å²) < 4.78 is 10.2. The molecule has 0 aromatic carbocycles. The van der Waals surface area contributed by atoms with Crippen LogP contribution in [0.5, 0.6) is 0 Å². The first-order valence-electron chi connectivity index (χ1n) is 5.52. The van der Waals surface area contributed by atoms with Gasteiger partial charge in [0.25, 0.3) is 0 Å². The van der Waals surface area contributed by atoms with E-state index in [4.69, 9.17) is 4.74 Å². The number of esters is 1. The first kappa shape index (κ1) is 14.4. The Kier molecular flexibility index (Phi) is 8.33. The number of carbonyl (C=O) groups excluding carboxylic acids is 1. The van der Waals surface area contributed by atoms with Crippen molar-refractivity contribution in [2.24, 2.45) is 0 Å². The second-order valence-electron chi connectivity index (χ2n) is 3.62. The van der Waals surface area contributed by atoms with E-state index in [1.54, 1.807) is 7.05 Å². The van der Waals surface area contributed by atoms with Crippen molar-refractivity contribution in [3.63, 3.8) is 0 Å². The third kappa shape index (κ3) is 6.47. The van der Waals surface area contributed by atoms with Crippen molar-refractivity contribution >= 4 is 5.97 Å². The molecule has 0 spiro atoms. The summed E-state index contributed by atoms with van der Waals surface area (Å²) in [5, 5.41) is 2.90. The highest BCUT2D eigenvalue weighted by Gasteiger charge is 2.16. The number of nitrogens with one attached hydrogen (secondary N) is 1. The highest BCUT2D eigenvalue weighted by Crippen LogP contribution is 2.03. The molecular weight excluding hydrogens is 194 g/mol. The predicted molar refractivity (Wildman–Crippen MR) is 59.8 cm³/mol. The molecule has 0 radical (unpaired) electrons. The number of hydrogen-bond donors (Lipinski definition) is 1. The Labute approximate surface area is 92.3 Å². The average Bonchev–Trinajstić information content (AvgIpc) is 2.24. The molecule has 0 saturated carbocycles. The van der Waals surface area contributed by atoms with Crippen LogP contribution in [0.1, 0.15) is 33.1 Å². The number of carbonyl (C=O) groups is 1. The van der Waals surface area contributed by atoms with E-state index < -0.39 is 0 Å². The molecule has 0 aromatic heterocycles. The van der Waals surface area contributed by atoms with Gasteiger partial charge in [0.1, 0.15) is 6.04 Å². The third-order valence-corrected chi connectivity index (χ3v) is 2.34. The van der Waals surface area contributed by atoms with Gasteiger partial charge in [-0.3, -0.25) is 4.79 Å². The van der Waals surface area contributed by atoms with Gasteiger partial charge in [-0.1, -0.05) is 13.3 Å². The van der Waals surface area contributed by atoms with Gasteiger partial charge < -0.3 is 14.8 Å². The number of likely N-dealkylation sites (N-methyl/N-ethyl adjacent to an activating group) is 1. The fourth-order valence-electron chi connectivity index (χ4n) is 1.40. The standard InChI is InChI=1S/C11H23NO3/c1-5-6-9(2)15-8-7-10(12-3)11(13)14-4/h9-10,12H,5-8H2,1-4H3. The Bertz CT molecular complexity index is 173. The van der Waals surface area contributed by atoms with Crippen molar-refractivity contribution < 1.29 is 14.3 Å². The maximum atomic E-state index is 11.2. The summed E-state index contributed by atoms with van der Waals surface area (Å²) in [5.41, 5.74) is 0. The average molecular weight is 217 g/mol. The van der Waals surface area contributed by atoms with Gasteiger partial charge in [-0.25, -0.2) is 0 Å². The van der Waals surface area contributed by atoms with Gasteiger partial charge in [0.05, 0.1) is 13.2 Å². The van der Waals surface area contributed by atoms with E-state index in [9.17, 15) is 4.79 Å². The summed E-state index contributed by atoms with van der Waals surface area (Å²) in [6.07, 6.45) is 3.10. The molecule has 2 unspecified atom stereocenters. The molecular formula is C11H23NO3. The molecule has 0 saturated heterocycles. The Morgan fingerprint density at radius 1 is 1.40 bits per heavy atom. The van der Waals surface area contributed by atoms with E-state index in [0.717, 1.165) is 12.8 Å². The molecule has 4 nitrogen and oxygen atoms in total. The molecule has 0 aliphatic rings. The van der Waals surface area contributed by atoms with Crippen molar-refractivity contribution in [2.45, 2.75) is 45.3 Å². The molecule has 0 fully saturated rings. The zero-order valence-corrected chi connectivity index (χ0v) is 10.2. The van der Waals surface area contributed by atoms with Crippen LogP contribution < -0.4 is 5.32 Å². The molecule has 15 heavy (non-hydrogen) atoms. The van der Waals surface area contributed by atoms with E-state index in [1.165, 1.54) is 7.11 Å². The van der Waals surface area contributed by atoms with Crippen LogP contribution in [0.2, 0.25) is 0 Å². The number of rotatable bonds is 8. The van der Waals surface area contributed by atoms with Crippen LogP contribution in [0.25, 0.3) is 0 Å². The van der Waals surface area contributed by atoms with Crippen molar-refractivity contribution in [1.82, 2.24) is 5.32 Å². The molecule has 90 valence electrons. The van der Waals surface area contributed by atoms with Crippen LogP contribution in [0.3, 0.4) is 0 Å². The zero-order valence-electron chi connectivity index (χ0n) is 10.2. The smallest absolute Gasteiger partial charge is 0.322 e. The molecule has 0 bridgehead atoms. The largest absolute Gasteiger partial charge is 0.468 e. The van der Waals surface area contributed by atoms with Gasteiger partial charge >= 0.3 is 5.97 Å². The summed E-state index contributed by atoms with van der Waals surface area (Å²) in [6.45, 7) is 4.77. The van der Waals surface area contributed by atoms with Gasteiger partial charge in [0, 0.05) is 6.61 Å². The molecule has 1 N–H and O–H groups in total. The van der Waals surface area contributed by atoms with Crippen LogP contribution in [-0.2, 0) is 14.3 Å². The first-order valence-corrected chi connectivity index (χ1v) is 5.52. The Hall–Kier alpha value is -0.610. The molecule has 0 aromatic rings. The van der Waals surface area contributed by atoms with Crippen LogP contribution in [-0.4, -0.2) is 38.9 Å². The van der Waals surface area contributed by atoms with Gasteiger partial charge in [0.15, 0.2) is 0 Å². The van der Waals surface area contributed by atoms with E-state index in [1.807, 2.05) is 0 Å². The van der Waals surface area contributed by atoms with E-state index in [0.29, 0.717) is 13.0 Å². The molecule has 0 heterocycles. The highest BCUT2D eigenvalue weighted by atomic mass is 16.5. The molecule has 0 rings (SSSR count). The maximum Gasteiger partial charge on any atom is 0.322 e. The first-order chi connectivity index (χ1) is 7.15. The molecule has 0 aliphatic heterocycles. The maximum absolute atomic E-state index is 11.2. The summed E-state index contributed by atoms with van der Waals surface area (Å²) >= 11 is 0. The van der Waals surface area contributed by atoms with Crippen LogP contribution in [0.4, 0.5) is 0 Å². The van der Waals surface area contributed by atoms with Gasteiger partial charge in [-0.05, 0) is 26.8 Å². The van der Waals surface area contributed by atoms with Crippen LogP contribution in [0, 0.1) is 0 Å². The second kappa shape index (κ2) is 8.68. The topological polar surface area (TPSA) is 47.6 Å². The van der Waals surface area contributed by atoms with Crippen molar-refractivity contribution in [3.05, 3.63) is 0 Å². The van der Waals surface area contributed by atoms with E-state index in [2.05, 4.69) is 23.9 Å². The normalized spacial score (nSPS) is 14.7. The predicted octanol–water partition coefficient (Wildman–Crippen LogP) is 1.34. The summed E-state index contributed by atoms with van der Waals surface area (Å²) in [5.74, 6) is -0.232. The van der Waals surface area contributed by atoms with Crippen molar-refractivity contribution in [1.29, 1.82) is 0 Å². The van der Waals surface area contributed by atoms with Crippen molar-refractivity contribution in [3.8, 4) is 0 Å². The minimum absolute atomic E-state index is 0.232. The number of methoxy groups -OCH3 is 1. The van der Waals surface area contributed by atoms with Gasteiger partial charge in [-0.15, -0.1) is 0 Å². The molecule has 0 amide bonds. The minimum Gasteiger partial charge on any atom is -0.468 e. The summed E-state index contributed by atoms with van der Waals surface area (Å²) in [4.78, 5) is 11.2. The monoisotopic (exact) mass is 217 g/mol. The molecule has 0 aliphatic carbocycles. The lowest BCUT2D eigenvalue weighted by Gasteiger charge is -2.16.